The van der Waals surface area contributed by atoms with Crippen LogP contribution in [0.1, 0.15) is 44.4 Å². The topological polar surface area (TPSA) is 68.5 Å². The van der Waals surface area contributed by atoms with E-state index in [1.54, 1.807) is 43.3 Å². The molecule has 0 aliphatic heterocycles. The van der Waals surface area contributed by atoms with Gasteiger partial charge in [0.05, 0.1) is 5.56 Å². The third-order valence-electron chi connectivity index (χ3n) is 6.35. The minimum absolute atomic E-state index is 0.0130. The fraction of sp³-hybridized carbons (Fsp3) is 0.323. The van der Waals surface area contributed by atoms with E-state index in [9.17, 15) is 18.0 Å². The first kappa shape index (κ1) is 28.9. The van der Waals surface area contributed by atoms with Crippen LogP contribution in [-0.2, 0) is 22.1 Å². The smallest absolute Gasteiger partial charge is 0.417 e. The van der Waals surface area contributed by atoms with Crippen LogP contribution in [0.15, 0.2) is 65.2 Å². The summed E-state index contributed by atoms with van der Waals surface area (Å²) in [6.07, 6.45) is -3.91. The number of halogens is 3. The summed E-state index contributed by atoms with van der Waals surface area (Å²) in [6, 6.07) is 16.5. The Morgan fingerprint density at radius 1 is 0.975 bits per heavy atom. The van der Waals surface area contributed by atoms with E-state index in [-0.39, 0.29) is 35.4 Å². The number of carbonyl (C=O) groups is 1. The summed E-state index contributed by atoms with van der Waals surface area (Å²) in [5, 5.41) is 4.03. The first-order valence-corrected chi connectivity index (χ1v) is 12.9. The Kier molecular flexibility index (Phi) is 8.05. The largest absolute Gasteiger partial charge is 0.459 e. The van der Waals surface area contributed by atoms with Crippen LogP contribution < -0.4 is 4.90 Å². The molecule has 0 saturated heterocycles. The number of ether oxygens (including phenoxy) is 1. The van der Waals surface area contributed by atoms with Gasteiger partial charge < -0.3 is 14.2 Å². The molecule has 0 saturated carbocycles. The minimum Gasteiger partial charge on any atom is -0.459 e. The van der Waals surface area contributed by atoms with Crippen LogP contribution in [0, 0.1) is 6.92 Å². The van der Waals surface area contributed by atoms with Crippen molar-refractivity contribution in [2.45, 2.75) is 52.8 Å². The van der Waals surface area contributed by atoms with E-state index in [2.05, 4.69) is 10.1 Å². The molecule has 1 aromatic heterocycles. The predicted molar refractivity (Wildman–Crippen MR) is 149 cm³/mol. The minimum atomic E-state index is -4.58. The molecule has 4 rings (SSSR count). The molecule has 0 aliphatic rings. The van der Waals surface area contributed by atoms with Crippen LogP contribution in [0.5, 0.6) is 0 Å². The molecular formula is C31H32F3N3O3. The first-order chi connectivity index (χ1) is 18.8. The number of aromatic nitrogens is 2. The van der Waals surface area contributed by atoms with Crippen molar-refractivity contribution in [3.63, 3.8) is 0 Å². The molecule has 0 atom stereocenters. The van der Waals surface area contributed by atoms with Crippen molar-refractivity contribution in [1.82, 2.24) is 10.1 Å². The van der Waals surface area contributed by atoms with Gasteiger partial charge in [0, 0.05) is 23.9 Å². The fourth-order valence-corrected chi connectivity index (χ4v) is 4.51. The summed E-state index contributed by atoms with van der Waals surface area (Å²) in [5.74, 6) is -0.0980. The second-order valence-electron chi connectivity index (χ2n) is 10.6. The number of hydrogen-bond donors (Lipinski definition) is 0. The normalized spacial score (nSPS) is 11.9. The van der Waals surface area contributed by atoms with E-state index < -0.39 is 17.3 Å². The van der Waals surface area contributed by atoms with E-state index in [1.165, 1.54) is 6.07 Å². The fourth-order valence-electron chi connectivity index (χ4n) is 4.51. The quantitative estimate of drug-likeness (QED) is 0.219. The number of benzene rings is 3. The molecule has 0 amide bonds. The lowest BCUT2D eigenvalue weighted by molar-refractivity contribution is -0.153. The molecular weight excluding hydrogens is 519 g/mol. The number of esters is 1. The number of anilines is 1. The third kappa shape index (κ3) is 6.52. The highest BCUT2D eigenvalue weighted by Gasteiger charge is 2.35. The van der Waals surface area contributed by atoms with Crippen molar-refractivity contribution in [2.75, 3.05) is 18.5 Å². The van der Waals surface area contributed by atoms with Crippen molar-refractivity contribution in [2.24, 2.45) is 0 Å². The maximum absolute atomic E-state index is 14.1. The summed E-state index contributed by atoms with van der Waals surface area (Å²) in [7, 11) is 1.81. The molecule has 4 aromatic rings. The van der Waals surface area contributed by atoms with Crippen molar-refractivity contribution < 1.29 is 27.2 Å². The van der Waals surface area contributed by atoms with Crippen LogP contribution in [0.2, 0.25) is 0 Å². The second-order valence-corrected chi connectivity index (χ2v) is 10.6. The number of rotatable bonds is 7. The van der Waals surface area contributed by atoms with Gasteiger partial charge in [0.15, 0.2) is 0 Å². The zero-order chi connectivity index (χ0) is 29.2. The summed E-state index contributed by atoms with van der Waals surface area (Å²) in [4.78, 5) is 18.5. The molecule has 0 unspecified atom stereocenters. The summed E-state index contributed by atoms with van der Waals surface area (Å²) in [6.45, 7) is 9.30. The average Bonchev–Trinajstić information content (AvgIpc) is 3.37. The number of aryl methyl sites for hydroxylation is 2. The highest BCUT2D eigenvalue weighted by Crippen LogP contribution is 2.40. The molecule has 3 aromatic carbocycles. The number of carbonyl (C=O) groups excluding carboxylic acids is 1. The van der Waals surface area contributed by atoms with Gasteiger partial charge in [-0.3, -0.25) is 4.79 Å². The molecule has 0 N–H and O–H groups in total. The van der Waals surface area contributed by atoms with Crippen LogP contribution in [0.3, 0.4) is 0 Å². The van der Waals surface area contributed by atoms with Gasteiger partial charge in [-0.2, -0.15) is 18.2 Å². The first-order valence-electron chi connectivity index (χ1n) is 12.9. The van der Waals surface area contributed by atoms with Gasteiger partial charge in [0.25, 0.3) is 5.89 Å². The lowest BCUT2D eigenvalue weighted by Gasteiger charge is -2.25. The molecule has 0 aliphatic carbocycles. The Labute approximate surface area is 231 Å². The van der Waals surface area contributed by atoms with E-state index in [0.717, 1.165) is 22.9 Å². The molecule has 9 heteroatoms. The van der Waals surface area contributed by atoms with Crippen molar-refractivity contribution in [1.29, 1.82) is 0 Å². The molecule has 40 heavy (non-hydrogen) atoms. The summed E-state index contributed by atoms with van der Waals surface area (Å²) in [5.41, 5.74) is 2.61. The van der Waals surface area contributed by atoms with E-state index >= 15 is 0 Å². The Morgan fingerprint density at radius 2 is 1.68 bits per heavy atom. The Bertz CT molecular complexity index is 1520. The van der Waals surface area contributed by atoms with Gasteiger partial charge in [-0.25, -0.2) is 0 Å². The lowest BCUT2D eigenvalue weighted by Crippen LogP contribution is -2.33. The van der Waals surface area contributed by atoms with Crippen LogP contribution in [0.4, 0.5) is 18.9 Å². The Hall–Kier alpha value is -4.14. The van der Waals surface area contributed by atoms with E-state index in [1.807, 2.05) is 51.8 Å². The molecule has 1 heterocycles. The molecule has 0 bridgehead atoms. The summed E-state index contributed by atoms with van der Waals surface area (Å²) >= 11 is 0. The van der Waals surface area contributed by atoms with Gasteiger partial charge in [-0.05, 0) is 86.7 Å². The standard InChI is InChI=1S/C31H32F3N3O3/c1-7-20-16-21(13-15-26(20)37(6)18-27(38)39-30(3,4)5)28-35-29(40-36-28)22-12-14-24(25(17-22)31(32,33)34)23-11-9-8-10-19(23)2/h8-17H,7,18H2,1-6H3. The predicted octanol–water partition coefficient (Wildman–Crippen LogP) is 7.74. The Morgan fingerprint density at radius 3 is 2.33 bits per heavy atom. The van der Waals surface area contributed by atoms with Gasteiger partial charge >= 0.3 is 12.1 Å². The molecule has 0 fully saturated rings. The number of hydrogen-bond acceptors (Lipinski definition) is 6. The van der Waals surface area contributed by atoms with Gasteiger partial charge in [-0.1, -0.05) is 42.4 Å². The number of likely N-dealkylation sites (N-methyl/N-ethyl adjacent to an activating group) is 1. The lowest BCUT2D eigenvalue weighted by atomic mass is 9.94. The zero-order valence-corrected chi connectivity index (χ0v) is 23.4. The number of nitrogens with zero attached hydrogens (tertiary/aromatic N) is 3. The maximum Gasteiger partial charge on any atom is 0.417 e. The van der Waals surface area contributed by atoms with Crippen LogP contribution in [-0.4, -0.2) is 35.3 Å². The number of alkyl halides is 3. The van der Waals surface area contributed by atoms with Crippen molar-refractivity contribution in [3.8, 4) is 34.0 Å². The molecule has 0 radical (unpaired) electrons. The van der Waals surface area contributed by atoms with Crippen molar-refractivity contribution >= 4 is 11.7 Å². The summed E-state index contributed by atoms with van der Waals surface area (Å²) < 4.78 is 53.1. The van der Waals surface area contributed by atoms with Crippen LogP contribution in [0.25, 0.3) is 34.0 Å². The van der Waals surface area contributed by atoms with E-state index in [0.29, 0.717) is 17.5 Å². The van der Waals surface area contributed by atoms with Gasteiger partial charge in [0.1, 0.15) is 12.1 Å². The second kappa shape index (κ2) is 11.2. The van der Waals surface area contributed by atoms with Gasteiger partial charge in [-0.15, -0.1) is 0 Å². The maximum atomic E-state index is 14.1. The zero-order valence-electron chi connectivity index (χ0n) is 23.4. The van der Waals surface area contributed by atoms with Crippen molar-refractivity contribution in [3.05, 3.63) is 77.4 Å². The van der Waals surface area contributed by atoms with E-state index in [4.69, 9.17) is 9.26 Å². The molecule has 210 valence electrons. The third-order valence-corrected chi connectivity index (χ3v) is 6.35. The monoisotopic (exact) mass is 551 g/mol. The molecule has 6 nitrogen and oxygen atoms in total. The SMILES string of the molecule is CCc1cc(-c2noc(-c3ccc(-c4ccccc4C)c(C(F)(F)F)c3)n2)ccc1N(C)CC(=O)OC(C)(C)C. The average molecular weight is 552 g/mol. The Balaban J connectivity index is 1.63. The highest BCUT2D eigenvalue weighted by atomic mass is 19.4. The van der Waals surface area contributed by atoms with Crippen LogP contribution >= 0.6 is 0 Å². The highest BCUT2D eigenvalue weighted by molar-refractivity contribution is 5.78. The van der Waals surface area contributed by atoms with Gasteiger partial charge in [0.2, 0.25) is 5.82 Å². The molecule has 0 spiro atoms.